The van der Waals surface area contributed by atoms with Gasteiger partial charge in [0, 0.05) is 0 Å². The monoisotopic (exact) mass is 383 g/mol. The van der Waals surface area contributed by atoms with E-state index in [4.69, 9.17) is 32.4 Å². The minimum atomic E-state index is -0.449. The first kappa shape index (κ1) is 16.8. The average molecular weight is 384 g/mol. The second-order valence-corrected chi connectivity index (χ2v) is 6.36. The first-order chi connectivity index (χ1) is 11.6. The van der Waals surface area contributed by atoms with Crippen molar-refractivity contribution >= 4 is 40.4 Å². The Bertz CT molecular complexity index is 865. The molecule has 24 heavy (non-hydrogen) atoms. The van der Waals surface area contributed by atoms with E-state index < -0.39 is 5.91 Å². The zero-order chi connectivity index (χ0) is 17.1. The molecule has 0 radical (unpaired) electrons. The van der Waals surface area contributed by atoms with Gasteiger partial charge in [-0.05, 0) is 23.6 Å². The highest BCUT2D eigenvalue weighted by Gasteiger charge is 2.20. The molecule has 1 N–H and O–H groups in total. The molecule has 124 valence electrons. The molecule has 3 aromatic rings. The van der Waals surface area contributed by atoms with Gasteiger partial charge in [0.2, 0.25) is 5.89 Å². The van der Waals surface area contributed by atoms with Crippen molar-refractivity contribution in [2.24, 2.45) is 0 Å². The average Bonchev–Trinajstić information content (AvgIpc) is 3.25. The molecule has 3 rings (SSSR count). The molecule has 0 aliphatic rings. The zero-order valence-electron chi connectivity index (χ0n) is 12.4. The fourth-order valence-electron chi connectivity index (χ4n) is 2.01. The molecule has 0 bridgehead atoms. The highest BCUT2D eigenvalue weighted by atomic mass is 35.5. The summed E-state index contributed by atoms with van der Waals surface area (Å²) in [4.78, 5) is 13.2. The Morgan fingerprint density at radius 3 is 2.79 bits per heavy atom. The molecule has 0 fully saturated rings. The molecule has 1 amide bonds. The van der Waals surface area contributed by atoms with Crippen molar-refractivity contribution in [1.82, 2.24) is 15.5 Å². The topological polar surface area (TPSA) is 77.2 Å². The lowest BCUT2D eigenvalue weighted by Crippen LogP contribution is -2.24. The summed E-state index contributed by atoms with van der Waals surface area (Å²) >= 11 is 13.6. The van der Waals surface area contributed by atoms with Gasteiger partial charge in [0.15, 0.2) is 5.75 Å². The summed E-state index contributed by atoms with van der Waals surface area (Å²) in [5.74, 6) is 0.457. The van der Waals surface area contributed by atoms with Gasteiger partial charge >= 0.3 is 0 Å². The molecule has 2 heterocycles. The van der Waals surface area contributed by atoms with Crippen molar-refractivity contribution in [1.29, 1.82) is 0 Å². The Kier molecular flexibility index (Phi) is 5.03. The number of amides is 1. The van der Waals surface area contributed by atoms with E-state index in [2.05, 4.69) is 15.5 Å². The summed E-state index contributed by atoms with van der Waals surface area (Å²) in [6, 6.07) is 6.85. The number of nitrogens with one attached hydrogen (secondary N) is 1. The fraction of sp³-hybridized carbons (Fsp3) is 0.133. The van der Waals surface area contributed by atoms with E-state index in [0.29, 0.717) is 10.9 Å². The van der Waals surface area contributed by atoms with Gasteiger partial charge in [0.1, 0.15) is 5.56 Å². The standard InChI is InChI=1S/C15H11Cl2N3O3S/c1-22-13-9(17)5-4-8(16)12(13)14(21)18-7-11-19-20-15(23-11)10-3-2-6-24-10/h2-6H,7H2,1H3,(H,18,21). The maximum Gasteiger partial charge on any atom is 0.257 e. The van der Waals surface area contributed by atoms with E-state index in [1.807, 2.05) is 17.5 Å². The summed E-state index contributed by atoms with van der Waals surface area (Å²) in [6.45, 7) is 0.0587. The Morgan fingerprint density at radius 1 is 1.29 bits per heavy atom. The van der Waals surface area contributed by atoms with Crippen LogP contribution in [0.1, 0.15) is 16.2 Å². The number of hydrogen-bond acceptors (Lipinski definition) is 6. The lowest BCUT2D eigenvalue weighted by atomic mass is 10.2. The van der Waals surface area contributed by atoms with Gasteiger partial charge in [-0.1, -0.05) is 29.3 Å². The smallest absolute Gasteiger partial charge is 0.257 e. The molecule has 9 heteroatoms. The molecule has 1 aromatic carbocycles. The molecular formula is C15H11Cl2N3O3S. The van der Waals surface area contributed by atoms with E-state index in [1.165, 1.54) is 24.5 Å². The van der Waals surface area contributed by atoms with E-state index in [1.54, 1.807) is 6.07 Å². The maximum absolute atomic E-state index is 12.4. The lowest BCUT2D eigenvalue weighted by molar-refractivity contribution is 0.0944. The summed E-state index contributed by atoms with van der Waals surface area (Å²) in [6.07, 6.45) is 0. The zero-order valence-corrected chi connectivity index (χ0v) is 14.7. The van der Waals surface area contributed by atoms with Crippen LogP contribution in [0, 0.1) is 0 Å². The third-order valence-electron chi connectivity index (χ3n) is 3.09. The van der Waals surface area contributed by atoms with Crippen molar-refractivity contribution in [3.05, 3.63) is 51.1 Å². The third-order valence-corrected chi connectivity index (χ3v) is 4.56. The van der Waals surface area contributed by atoms with Gasteiger partial charge in [0.25, 0.3) is 11.8 Å². The van der Waals surface area contributed by atoms with Crippen LogP contribution in [0.2, 0.25) is 10.0 Å². The van der Waals surface area contributed by atoms with Crippen molar-refractivity contribution in [3.8, 4) is 16.5 Å². The SMILES string of the molecule is COc1c(Cl)ccc(Cl)c1C(=O)NCc1nnc(-c2cccs2)o1. The molecule has 0 unspecified atom stereocenters. The van der Waals surface area contributed by atoms with Crippen LogP contribution >= 0.6 is 34.5 Å². The molecule has 0 aliphatic heterocycles. The van der Waals surface area contributed by atoms with Crippen molar-refractivity contribution < 1.29 is 13.9 Å². The number of carbonyl (C=O) groups excluding carboxylic acids is 1. The second kappa shape index (κ2) is 7.21. The van der Waals surface area contributed by atoms with Gasteiger partial charge in [-0.2, -0.15) is 0 Å². The van der Waals surface area contributed by atoms with Crippen LogP contribution in [0.4, 0.5) is 0 Å². The molecule has 0 atom stereocenters. The number of rotatable bonds is 5. The number of thiophene rings is 1. The van der Waals surface area contributed by atoms with Gasteiger partial charge in [-0.25, -0.2) is 0 Å². The quantitative estimate of drug-likeness (QED) is 0.718. The Hall–Kier alpha value is -2.09. The Labute approximate surface area is 151 Å². The van der Waals surface area contributed by atoms with Gasteiger partial charge in [-0.3, -0.25) is 4.79 Å². The molecule has 0 spiro atoms. The fourth-order valence-corrected chi connectivity index (χ4v) is 3.13. The van der Waals surface area contributed by atoms with E-state index in [0.717, 1.165) is 4.88 Å². The number of carbonyl (C=O) groups is 1. The maximum atomic E-state index is 12.4. The summed E-state index contributed by atoms with van der Waals surface area (Å²) in [5, 5.41) is 13.0. The van der Waals surface area contributed by atoms with Crippen LogP contribution in [-0.4, -0.2) is 23.2 Å². The van der Waals surface area contributed by atoms with Gasteiger partial charge in [-0.15, -0.1) is 21.5 Å². The van der Waals surface area contributed by atoms with Gasteiger partial charge < -0.3 is 14.5 Å². The largest absolute Gasteiger partial charge is 0.494 e. The van der Waals surface area contributed by atoms with E-state index in [9.17, 15) is 4.79 Å². The Balaban J connectivity index is 1.74. The van der Waals surface area contributed by atoms with Crippen molar-refractivity contribution in [2.45, 2.75) is 6.54 Å². The number of methoxy groups -OCH3 is 1. The first-order valence-corrected chi connectivity index (χ1v) is 8.40. The number of ether oxygens (including phenoxy) is 1. The number of aromatic nitrogens is 2. The Morgan fingerprint density at radius 2 is 2.08 bits per heavy atom. The van der Waals surface area contributed by atoms with Crippen LogP contribution in [0.15, 0.2) is 34.1 Å². The molecule has 0 saturated heterocycles. The molecular weight excluding hydrogens is 373 g/mol. The summed E-state index contributed by atoms with van der Waals surface area (Å²) in [5.41, 5.74) is 0.157. The normalized spacial score (nSPS) is 10.6. The van der Waals surface area contributed by atoms with Crippen molar-refractivity contribution in [3.63, 3.8) is 0 Å². The number of hydrogen-bond donors (Lipinski definition) is 1. The van der Waals surface area contributed by atoms with Gasteiger partial charge in [0.05, 0.1) is 28.6 Å². The second-order valence-electron chi connectivity index (χ2n) is 4.60. The minimum Gasteiger partial charge on any atom is -0.494 e. The highest BCUT2D eigenvalue weighted by molar-refractivity contribution is 7.13. The highest BCUT2D eigenvalue weighted by Crippen LogP contribution is 2.33. The third kappa shape index (κ3) is 3.38. The summed E-state index contributed by atoms with van der Waals surface area (Å²) < 4.78 is 10.7. The van der Waals surface area contributed by atoms with Crippen LogP contribution < -0.4 is 10.1 Å². The first-order valence-electron chi connectivity index (χ1n) is 6.76. The predicted octanol–water partition coefficient (Wildman–Crippen LogP) is 4.04. The molecule has 6 nitrogen and oxygen atoms in total. The van der Waals surface area contributed by atoms with Crippen LogP contribution in [0.3, 0.4) is 0 Å². The molecule has 2 aromatic heterocycles. The minimum absolute atomic E-state index is 0.0587. The van der Waals surface area contributed by atoms with Crippen molar-refractivity contribution in [2.75, 3.05) is 7.11 Å². The van der Waals surface area contributed by atoms with E-state index in [-0.39, 0.29) is 28.8 Å². The molecule has 0 saturated carbocycles. The molecule has 0 aliphatic carbocycles. The summed E-state index contributed by atoms with van der Waals surface area (Å²) in [7, 11) is 1.42. The van der Waals surface area contributed by atoms with Crippen LogP contribution in [-0.2, 0) is 6.54 Å². The lowest BCUT2D eigenvalue weighted by Gasteiger charge is -2.11. The number of halogens is 2. The number of benzene rings is 1. The van der Waals surface area contributed by atoms with E-state index >= 15 is 0 Å². The number of nitrogens with zero attached hydrogens (tertiary/aromatic N) is 2. The van der Waals surface area contributed by atoms with Crippen LogP contribution in [0.5, 0.6) is 5.75 Å². The predicted molar refractivity (Wildman–Crippen MR) is 91.8 cm³/mol. The van der Waals surface area contributed by atoms with Crippen LogP contribution in [0.25, 0.3) is 10.8 Å².